The van der Waals surface area contributed by atoms with Gasteiger partial charge in [-0.15, -0.1) is 11.3 Å². The molecule has 2 aromatic rings. The maximum Gasteiger partial charge on any atom is 0.229 e. The SMILES string of the molecule is COc1ccccc1N1CCN(C(=O)C2C=CC(NSc3cccs3)=CC2)CC1. The van der Waals surface area contributed by atoms with E-state index in [9.17, 15) is 4.79 Å². The van der Waals surface area contributed by atoms with Gasteiger partial charge in [0.2, 0.25) is 5.91 Å². The van der Waals surface area contributed by atoms with Crippen molar-refractivity contribution in [3.05, 3.63) is 65.7 Å². The van der Waals surface area contributed by atoms with Crippen LogP contribution < -0.4 is 14.4 Å². The van der Waals surface area contributed by atoms with E-state index in [0.717, 1.165) is 49.7 Å². The number of carbonyl (C=O) groups is 1. The Morgan fingerprint density at radius 2 is 2.00 bits per heavy atom. The largest absolute Gasteiger partial charge is 0.495 e. The third-order valence-corrected chi connectivity index (χ3v) is 7.07. The Bertz CT molecular complexity index is 887. The van der Waals surface area contributed by atoms with Gasteiger partial charge in [-0.05, 0) is 48.0 Å². The number of hydrogen-bond donors (Lipinski definition) is 1. The zero-order valence-corrected chi connectivity index (χ0v) is 18.0. The Balaban J connectivity index is 1.27. The van der Waals surface area contributed by atoms with E-state index in [1.54, 1.807) is 30.4 Å². The van der Waals surface area contributed by atoms with Crippen molar-refractivity contribution in [3.63, 3.8) is 0 Å². The van der Waals surface area contributed by atoms with Gasteiger partial charge < -0.3 is 19.3 Å². The molecule has 1 aliphatic carbocycles. The lowest BCUT2D eigenvalue weighted by atomic mass is 9.97. The maximum atomic E-state index is 12.9. The van der Waals surface area contributed by atoms with Crippen LogP contribution in [0.1, 0.15) is 6.42 Å². The van der Waals surface area contributed by atoms with Crippen molar-refractivity contribution in [2.24, 2.45) is 5.92 Å². The van der Waals surface area contributed by atoms with Crippen molar-refractivity contribution in [2.45, 2.75) is 10.6 Å². The van der Waals surface area contributed by atoms with Crippen molar-refractivity contribution < 1.29 is 9.53 Å². The van der Waals surface area contributed by atoms with E-state index in [1.807, 2.05) is 41.3 Å². The van der Waals surface area contributed by atoms with Crippen molar-refractivity contribution in [1.82, 2.24) is 9.62 Å². The fourth-order valence-electron chi connectivity index (χ4n) is 3.60. The third-order valence-electron chi connectivity index (χ3n) is 5.20. The first-order valence-corrected chi connectivity index (χ1v) is 11.5. The number of piperazine rings is 1. The molecule has 1 amide bonds. The second-order valence-corrected chi connectivity index (χ2v) is 9.04. The summed E-state index contributed by atoms with van der Waals surface area (Å²) in [4.78, 5) is 17.2. The highest BCUT2D eigenvalue weighted by molar-refractivity contribution is 7.99. The monoisotopic (exact) mass is 427 g/mol. The highest BCUT2D eigenvalue weighted by Gasteiger charge is 2.27. The molecule has 1 aliphatic heterocycles. The molecule has 1 N–H and O–H groups in total. The van der Waals surface area contributed by atoms with Gasteiger partial charge in [0, 0.05) is 31.9 Å². The number of methoxy groups -OCH3 is 1. The van der Waals surface area contributed by atoms with E-state index >= 15 is 0 Å². The summed E-state index contributed by atoms with van der Waals surface area (Å²) in [6.07, 6.45) is 6.92. The molecule has 1 aromatic heterocycles. The van der Waals surface area contributed by atoms with E-state index in [2.05, 4.69) is 33.2 Å². The van der Waals surface area contributed by atoms with E-state index in [4.69, 9.17) is 4.74 Å². The van der Waals surface area contributed by atoms with Gasteiger partial charge >= 0.3 is 0 Å². The van der Waals surface area contributed by atoms with Crippen LogP contribution in [0.25, 0.3) is 0 Å². The van der Waals surface area contributed by atoms with E-state index in [-0.39, 0.29) is 11.8 Å². The normalized spacial score (nSPS) is 19.1. The van der Waals surface area contributed by atoms with Gasteiger partial charge in [-0.2, -0.15) is 0 Å². The number of nitrogens with zero attached hydrogens (tertiary/aromatic N) is 2. The molecule has 1 saturated heterocycles. The van der Waals surface area contributed by atoms with Crippen molar-refractivity contribution in [1.29, 1.82) is 0 Å². The summed E-state index contributed by atoms with van der Waals surface area (Å²) in [5, 5.41) is 2.07. The first kappa shape index (κ1) is 19.9. The van der Waals surface area contributed by atoms with Gasteiger partial charge in [0.1, 0.15) is 5.75 Å². The molecule has 2 heterocycles. The molecule has 152 valence electrons. The number of anilines is 1. The Labute approximate surface area is 180 Å². The zero-order chi connectivity index (χ0) is 20.1. The average Bonchev–Trinajstić information content (AvgIpc) is 3.31. The molecule has 5 nitrogen and oxygen atoms in total. The second-order valence-electron chi connectivity index (χ2n) is 6.98. The number of rotatable bonds is 6. The van der Waals surface area contributed by atoms with Crippen LogP contribution in [0.2, 0.25) is 0 Å². The summed E-state index contributed by atoms with van der Waals surface area (Å²) >= 11 is 3.32. The summed E-state index contributed by atoms with van der Waals surface area (Å²) in [6, 6.07) is 12.2. The fraction of sp³-hybridized carbons (Fsp3) is 0.318. The first-order chi connectivity index (χ1) is 14.2. The molecular formula is C22H25N3O2S2. The summed E-state index contributed by atoms with van der Waals surface area (Å²) < 4.78 is 10.1. The van der Waals surface area contributed by atoms with E-state index in [0.29, 0.717) is 0 Å². The van der Waals surface area contributed by atoms with Crippen LogP contribution in [0.5, 0.6) is 5.75 Å². The van der Waals surface area contributed by atoms with Gasteiger partial charge in [0.25, 0.3) is 0 Å². The molecule has 1 fully saturated rings. The molecular weight excluding hydrogens is 402 g/mol. The molecule has 29 heavy (non-hydrogen) atoms. The van der Waals surface area contributed by atoms with Crippen LogP contribution >= 0.6 is 23.3 Å². The van der Waals surface area contributed by atoms with Crippen molar-refractivity contribution >= 4 is 34.9 Å². The number of hydrogen-bond acceptors (Lipinski definition) is 6. The molecule has 2 aliphatic rings. The van der Waals surface area contributed by atoms with Crippen LogP contribution in [-0.4, -0.2) is 44.1 Å². The molecule has 7 heteroatoms. The van der Waals surface area contributed by atoms with Crippen LogP contribution in [0.4, 0.5) is 5.69 Å². The molecule has 1 atom stereocenters. The molecule has 0 bridgehead atoms. The number of ether oxygens (including phenoxy) is 1. The lowest BCUT2D eigenvalue weighted by Gasteiger charge is -2.37. The number of nitrogens with one attached hydrogen (secondary N) is 1. The first-order valence-electron chi connectivity index (χ1n) is 9.76. The molecule has 0 spiro atoms. The standard InChI is InChI=1S/C22H25N3O2S2/c1-27-20-6-3-2-5-19(20)24-12-14-25(15-13-24)22(26)17-8-10-18(11-9-17)23-29-21-7-4-16-28-21/h2-8,10-11,16-17,23H,9,12-15H2,1H3. The van der Waals surface area contributed by atoms with Gasteiger partial charge in [0.05, 0.1) is 22.9 Å². The van der Waals surface area contributed by atoms with Gasteiger partial charge in [0.15, 0.2) is 0 Å². The summed E-state index contributed by atoms with van der Waals surface area (Å²) in [7, 11) is 1.70. The second kappa shape index (κ2) is 9.41. The number of amides is 1. The van der Waals surface area contributed by atoms with Crippen molar-refractivity contribution in [3.8, 4) is 5.75 Å². The average molecular weight is 428 g/mol. The zero-order valence-electron chi connectivity index (χ0n) is 16.4. The molecule has 0 saturated carbocycles. The summed E-state index contributed by atoms with van der Waals surface area (Å²) in [6.45, 7) is 3.12. The summed E-state index contributed by atoms with van der Waals surface area (Å²) in [5.74, 6) is 1.04. The molecule has 0 radical (unpaired) electrons. The van der Waals surface area contributed by atoms with Gasteiger partial charge in [-0.1, -0.05) is 30.4 Å². The Morgan fingerprint density at radius 3 is 2.69 bits per heavy atom. The topological polar surface area (TPSA) is 44.8 Å². The Hall–Kier alpha value is -2.38. The molecule has 1 aromatic carbocycles. The lowest BCUT2D eigenvalue weighted by molar-refractivity contribution is -0.134. The number of para-hydroxylation sites is 2. The Morgan fingerprint density at radius 1 is 1.17 bits per heavy atom. The highest BCUT2D eigenvalue weighted by atomic mass is 32.2. The van der Waals surface area contributed by atoms with Gasteiger partial charge in [-0.25, -0.2) is 0 Å². The predicted molar refractivity (Wildman–Crippen MR) is 120 cm³/mol. The van der Waals surface area contributed by atoms with Crippen LogP contribution in [0.15, 0.2) is 69.9 Å². The minimum absolute atomic E-state index is 0.0647. The lowest BCUT2D eigenvalue weighted by Crippen LogP contribution is -2.50. The van der Waals surface area contributed by atoms with Crippen molar-refractivity contribution in [2.75, 3.05) is 38.2 Å². The van der Waals surface area contributed by atoms with Crippen LogP contribution in [-0.2, 0) is 4.79 Å². The van der Waals surface area contributed by atoms with Crippen LogP contribution in [0, 0.1) is 5.92 Å². The third kappa shape index (κ3) is 4.79. The predicted octanol–water partition coefficient (Wildman–Crippen LogP) is 4.16. The summed E-state index contributed by atoms with van der Waals surface area (Å²) in [5.41, 5.74) is 2.16. The maximum absolute atomic E-state index is 12.9. The minimum Gasteiger partial charge on any atom is -0.495 e. The Kier molecular flexibility index (Phi) is 6.46. The smallest absolute Gasteiger partial charge is 0.229 e. The number of allylic oxidation sites excluding steroid dienone is 2. The van der Waals surface area contributed by atoms with E-state index < -0.39 is 0 Å². The van der Waals surface area contributed by atoms with E-state index in [1.165, 1.54) is 4.21 Å². The minimum atomic E-state index is -0.0647. The highest BCUT2D eigenvalue weighted by Crippen LogP contribution is 2.29. The van der Waals surface area contributed by atoms with Crippen LogP contribution in [0.3, 0.4) is 0 Å². The van der Waals surface area contributed by atoms with Gasteiger partial charge in [-0.3, -0.25) is 4.79 Å². The number of thiophene rings is 1. The molecule has 1 unspecified atom stereocenters. The number of carbonyl (C=O) groups excluding carboxylic acids is 1. The molecule has 4 rings (SSSR count). The fourth-order valence-corrected chi connectivity index (χ4v) is 5.05. The quantitative estimate of drug-likeness (QED) is 0.702. The number of benzene rings is 1.